The standard InChI is InChI=1S/C20H20F2N2O2/c1-12-6-16(22)14(7-15(12)21)18(26)24-5-4-20(11-24)8-13(9-23)17(25)19(2,3)10-20/h6-8H,4-5,10-11H2,1-3H3. The van der Waals surface area contributed by atoms with Gasteiger partial charge in [-0.15, -0.1) is 0 Å². The minimum atomic E-state index is -0.748. The van der Waals surface area contributed by atoms with Crippen LogP contribution in [-0.4, -0.2) is 29.7 Å². The number of Topliss-reactive ketones (excluding diaryl/α,β-unsaturated/α-hetero) is 1. The number of carbonyl (C=O) groups is 2. The van der Waals surface area contributed by atoms with E-state index in [0.29, 0.717) is 19.4 Å². The van der Waals surface area contributed by atoms with Gasteiger partial charge in [0.05, 0.1) is 11.1 Å². The fourth-order valence-electron chi connectivity index (χ4n) is 4.14. The number of likely N-dealkylation sites (tertiary alicyclic amines) is 1. The van der Waals surface area contributed by atoms with Crippen LogP contribution in [0.2, 0.25) is 0 Å². The summed E-state index contributed by atoms with van der Waals surface area (Å²) >= 11 is 0. The van der Waals surface area contributed by atoms with Gasteiger partial charge < -0.3 is 4.90 Å². The van der Waals surface area contributed by atoms with Gasteiger partial charge in [0, 0.05) is 23.9 Å². The molecule has 2 aliphatic rings. The number of amides is 1. The molecule has 1 spiro atoms. The van der Waals surface area contributed by atoms with E-state index in [1.807, 2.05) is 6.07 Å². The van der Waals surface area contributed by atoms with Gasteiger partial charge in [-0.1, -0.05) is 19.9 Å². The number of aryl methyl sites for hydroxylation is 1. The van der Waals surface area contributed by atoms with Crippen LogP contribution in [0.15, 0.2) is 23.8 Å². The highest BCUT2D eigenvalue weighted by atomic mass is 19.1. The number of nitrogens with zero attached hydrogens (tertiary/aromatic N) is 2. The molecule has 0 aromatic heterocycles. The fourth-order valence-corrected chi connectivity index (χ4v) is 4.14. The van der Waals surface area contributed by atoms with Crippen molar-refractivity contribution in [3.8, 4) is 6.07 Å². The lowest BCUT2D eigenvalue weighted by Crippen LogP contribution is -2.40. The van der Waals surface area contributed by atoms with Gasteiger partial charge >= 0.3 is 0 Å². The van der Waals surface area contributed by atoms with E-state index in [1.165, 1.54) is 11.8 Å². The minimum absolute atomic E-state index is 0.114. The molecule has 0 N–H and O–H groups in total. The zero-order valence-electron chi connectivity index (χ0n) is 15.0. The summed E-state index contributed by atoms with van der Waals surface area (Å²) in [7, 11) is 0. The summed E-state index contributed by atoms with van der Waals surface area (Å²) in [5.41, 5.74) is -1.22. The lowest BCUT2D eigenvalue weighted by Gasteiger charge is -2.38. The molecule has 0 bridgehead atoms. The normalized spacial score (nSPS) is 24.5. The summed E-state index contributed by atoms with van der Waals surface area (Å²) in [6, 6.07) is 3.91. The highest BCUT2D eigenvalue weighted by Gasteiger charge is 2.49. The average molecular weight is 358 g/mol. The van der Waals surface area contributed by atoms with Gasteiger partial charge in [-0.3, -0.25) is 9.59 Å². The Morgan fingerprint density at radius 2 is 1.96 bits per heavy atom. The van der Waals surface area contributed by atoms with Crippen molar-refractivity contribution >= 4 is 11.7 Å². The van der Waals surface area contributed by atoms with Crippen LogP contribution in [0.4, 0.5) is 8.78 Å². The third kappa shape index (κ3) is 2.92. The number of hydrogen-bond donors (Lipinski definition) is 0. The van der Waals surface area contributed by atoms with E-state index in [2.05, 4.69) is 0 Å². The summed E-state index contributed by atoms with van der Waals surface area (Å²) < 4.78 is 27.9. The molecule has 1 heterocycles. The Bertz CT molecular complexity index is 883. The smallest absolute Gasteiger partial charge is 0.256 e. The van der Waals surface area contributed by atoms with E-state index in [4.69, 9.17) is 0 Å². The number of carbonyl (C=O) groups excluding carboxylic acids is 2. The maximum absolute atomic E-state index is 14.1. The molecule has 26 heavy (non-hydrogen) atoms. The first-order valence-corrected chi connectivity index (χ1v) is 8.51. The number of rotatable bonds is 1. The van der Waals surface area contributed by atoms with Crippen LogP contribution in [0.1, 0.15) is 42.6 Å². The predicted molar refractivity (Wildman–Crippen MR) is 91.1 cm³/mol. The second-order valence-electron chi connectivity index (χ2n) is 7.98. The molecule has 1 fully saturated rings. The van der Waals surface area contributed by atoms with E-state index < -0.39 is 28.4 Å². The average Bonchev–Trinajstić information content (AvgIpc) is 2.96. The molecule has 1 aliphatic carbocycles. The van der Waals surface area contributed by atoms with Gasteiger partial charge in [0.25, 0.3) is 5.91 Å². The molecule has 1 aromatic rings. The SMILES string of the molecule is Cc1cc(F)c(C(=O)N2CCC3(C=C(C#N)C(=O)C(C)(C)C3)C2)cc1F. The molecule has 136 valence electrons. The van der Waals surface area contributed by atoms with Crippen molar-refractivity contribution in [1.82, 2.24) is 4.90 Å². The van der Waals surface area contributed by atoms with Crippen molar-refractivity contribution in [3.05, 3.63) is 46.5 Å². The van der Waals surface area contributed by atoms with Gasteiger partial charge in [0.15, 0.2) is 5.78 Å². The number of hydrogen-bond acceptors (Lipinski definition) is 3. The van der Waals surface area contributed by atoms with Crippen LogP contribution in [0.3, 0.4) is 0 Å². The third-order valence-electron chi connectivity index (χ3n) is 5.38. The molecule has 4 nitrogen and oxygen atoms in total. The topological polar surface area (TPSA) is 61.2 Å². The molecule has 0 saturated carbocycles. The zero-order chi connectivity index (χ0) is 19.3. The van der Waals surface area contributed by atoms with Crippen LogP contribution in [0, 0.1) is 40.7 Å². The van der Waals surface area contributed by atoms with E-state index in [0.717, 1.165) is 12.1 Å². The largest absolute Gasteiger partial charge is 0.338 e. The molecular formula is C20H20F2N2O2. The summed E-state index contributed by atoms with van der Waals surface area (Å²) in [5.74, 6) is -2.14. The maximum atomic E-state index is 14.1. The summed E-state index contributed by atoms with van der Waals surface area (Å²) in [6.45, 7) is 5.67. The van der Waals surface area contributed by atoms with Crippen molar-refractivity contribution < 1.29 is 18.4 Å². The first kappa shape index (κ1) is 18.2. The fraction of sp³-hybridized carbons (Fsp3) is 0.450. The summed E-state index contributed by atoms with van der Waals surface area (Å²) in [5, 5.41) is 9.27. The second kappa shape index (κ2) is 6.01. The van der Waals surface area contributed by atoms with Gasteiger partial charge in [0.1, 0.15) is 17.7 Å². The van der Waals surface area contributed by atoms with E-state index in [1.54, 1.807) is 19.9 Å². The van der Waals surface area contributed by atoms with Crippen LogP contribution >= 0.6 is 0 Å². The van der Waals surface area contributed by atoms with Crippen molar-refractivity contribution in [2.75, 3.05) is 13.1 Å². The molecule has 1 amide bonds. The van der Waals surface area contributed by atoms with Gasteiger partial charge in [-0.25, -0.2) is 8.78 Å². The Balaban J connectivity index is 1.90. The third-order valence-corrected chi connectivity index (χ3v) is 5.38. The molecule has 1 saturated heterocycles. The molecule has 0 radical (unpaired) electrons. The van der Waals surface area contributed by atoms with Gasteiger partial charge in [0.2, 0.25) is 0 Å². The molecular weight excluding hydrogens is 338 g/mol. The van der Waals surface area contributed by atoms with Gasteiger partial charge in [-0.2, -0.15) is 5.26 Å². The summed E-state index contributed by atoms with van der Waals surface area (Å²) in [6.07, 6.45) is 2.76. The quantitative estimate of drug-likeness (QED) is 0.771. The number of ketones is 1. The Morgan fingerprint density at radius 3 is 2.62 bits per heavy atom. The maximum Gasteiger partial charge on any atom is 0.256 e. The van der Waals surface area contributed by atoms with Crippen LogP contribution < -0.4 is 0 Å². The number of nitriles is 1. The monoisotopic (exact) mass is 358 g/mol. The second-order valence-corrected chi connectivity index (χ2v) is 7.98. The highest BCUT2D eigenvalue weighted by Crippen LogP contribution is 2.48. The Morgan fingerprint density at radius 1 is 1.27 bits per heavy atom. The number of allylic oxidation sites excluding steroid dienone is 1. The lowest BCUT2D eigenvalue weighted by atomic mass is 9.64. The van der Waals surface area contributed by atoms with Crippen LogP contribution in [0.5, 0.6) is 0 Å². The van der Waals surface area contributed by atoms with E-state index in [-0.39, 0.29) is 29.0 Å². The Hall–Kier alpha value is -2.55. The first-order chi connectivity index (χ1) is 12.1. The van der Waals surface area contributed by atoms with E-state index >= 15 is 0 Å². The molecule has 1 atom stereocenters. The highest BCUT2D eigenvalue weighted by molar-refractivity contribution is 6.04. The Kier molecular flexibility index (Phi) is 4.22. The van der Waals surface area contributed by atoms with E-state index in [9.17, 15) is 23.6 Å². The first-order valence-electron chi connectivity index (χ1n) is 8.51. The van der Waals surface area contributed by atoms with Crippen LogP contribution in [-0.2, 0) is 4.79 Å². The molecule has 1 aliphatic heterocycles. The van der Waals surface area contributed by atoms with Crippen molar-refractivity contribution in [1.29, 1.82) is 5.26 Å². The minimum Gasteiger partial charge on any atom is -0.338 e. The van der Waals surface area contributed by atoms with Crippen molar-refractivity contribution in [2.45, 2.75) is 33.6 Å². The van der Waals surface area contributed by atoms with Crippen molar-refractivity contribution in [3.63, 3.8) is 0 Å². The van der Waals surface area contributed by atoms with Crippen LogP contribution in [0.25, 0.3) is 0 Å². The zero-order valence-corrected chi connectivity index (χ0v) is 15.0. The predicted octanol–water partition coefficient (Wildman–Crippen LogP) is 3.55. The van der Waals surface area contributed by atoms with Gasteiger partial charge in [-0.05, 0) is 37.5 Å². The van der Waals surface area contributed by atoms with Crippen molar-refractivity contribution in [2.24, 2.45) is 10.8 Å². The molecule has 1 unspecified atom stereocenters. The summed E-state index contributed by atoms with van der Waals surface area (Å²) in [4.78, 5) is 26.5. The number of benzene rings is 1. The molecule has 3 rings (SSSR count). The molecule has 6 heteroatoms. The Labute approximate surface area is 151 Å². The number of halogens is 2. The molecule has 1 aromatic carbocycles. The lowest BCUT2D eigenvalue weighted by molar-refractivity contribution is -0.125.